The van der Waals surface area contributed by atoms with E-state index < -0.39 is 0 Å². The van der Waals surface area contributed by atoms with Crippen LogP contribution in [0.3, 0.4) is 0 Å². The van der Waals surface area contributed by atoms with E-state index in [4.69, 9.17) is 0 Å². The molecule has 2 heterocycles. The molecule has 0 N–H and O–H groups in total. The molecule has 4 aromatic rings. The molecule has 0 fully saturated rings. The first-order chi connectivity index (χ1) is 14.0. The molecular formula is C23H20N2O2S2. The van der Waals surface area contributed by atoms with Crippen molar-refractivity contribution in [2.75, 3.05) is 4.90 Å². The number of aromatic nitrogens is 1. The highest BCUT2D eigenvalue weighted by atomic mass is 32.1. The van der Waals surface area contributed by atoms with Crippen LogP contribution in [0.1, 0.15) is 33.0 Å². The van der Waals surface area contributed by atoms with E-state index >= 15 is 0 Å². The van der Waals surface area contributed by atoms with Crippen molar-refractivity contribution in [3.63, 3.8) is 0 Å². The van der Waals surface area contributed by atoms with Crippen molar-refractivity contribution < 1.29 is 9.59 Å². The monoisotopic (exact) mass is 420 g/mol. The lowest BCUT2D eigenvalue weighted by Gasteiger charge is -2.21. The third-order valence-electron chi connectivity index (χ3n) is 4.66. The van der Waals surface area contributed by atoms with Gasteiger partial charge in [-0.15, -0.1) is 11.3 Å². The fourth-order valence-electron chi connectivity index (χ4n) is 3.15. The molecule has 146 valence electrons. The number of aryl methyl sites for hydroxylation is 2. The topological polar surface area (TPSA) is 50.3 Å². The Hall–Kier alpha value is -2.83. The van der Waals surface area contributed by atoms with Crippen molar-refractivity contribution in [1.82, 2.24) is 4.98 Å². The molecule has 4 nitrogen and oxygen atoms in total. The van der Waals surface area contributed by atoms with E-state index in [1.807, 2.05) is 74.5 Å². The minimum absolute atomic E-state index is 0.00508. The normalized spacial score (nSPS) is 11.0. The highest BCUT2D eigenvalue weighted by Crippen LogP contribution is 2.35. The molecule has 0 aliphatic carbocycles. The highest BCUT2D eigenvalue weighted by Gasteiger charge is 2.24. The maximum Gasteiger partial charge on any atom is 0.233 e. The van der Waals surface area contributed by atoms with E-state index in [0.29, 0.717) is 10.0 Å². The summed E-state index contributed by atoms with van der Waals surface area (Å²) in [4.78, 5) is 33.9. The molecule has 0 unspecified atom stereocenters. The number of ketones is 1. The number of thiophene rings is 1. The van der Waals surface area contributed by atoms with Gasteiger partial charge in [-0.3, -0.25) is 14.5 Å². The summed E-state index contributed by atoms with van der Waals surface area (Å²) in [7, 11) is 0. The van der Waals surface area contributed by atoms with Gasteiger partial charge in [0.05, 0.1) is 20.8 Å². The van der Waals surface area contributed by atoms with Gasteiger partial charge in [0.15, 0.2) is 10.9 Å². The van der Waals surface area contributed by atoms with E-state index in [9.17, 15) is 9.59 Å². The summed E-state index contributed by atoms with van der Waals surface area (Å²) in [6, 6.07) is 19.4. The minimum Gasteiger partial charge on any atom is -0.293 e. The number of anilines is 2. The summed E-state index contributed by atoms with van der Waals surface area (Å²) in [5.41, 5.74) is 2.65. The molecule has 2 aromatic carbocycles. The van der Waals surface area contributed by atoms with Crippen LogP contribution in [0.4, 0.5) is 10.8 Å². The van der Waals surface area contributed by atoms with Gasteiger partial charge in [-0.1, -0.05) is 41.7 Å². The Bertz CT molecular complexity index is 1160. The first-order valence-electron chi connectivity index (χ1n) is 9.37. The summed E-state index contributed by atoms with van der Waals surface area (Å²) in [5, 5.41) is 0.630. The molecular weight excluding hydrogens is 400 g/mol. The molecule has 4 rings (SSSR count). The highest BCUT2D eigenvalue weighted by molar-refractivity contribution is 7.22. The fourth-order valence-corrected chi connectivity index (χ4v) is 4.99. The van der Waals surface area contributed by atoms with Crippen LogP contribution >= 0.6 is 22.7 Å². The SMILES string of the molecule is Cc1ccc(C(=O)CCC(=O)N(c2nc3ccccc3s2)c2ccccc2C)s1. The molecule has 2 aromatic heterocycles. The van der Waals surface area contributed by atoms with E-state index in [-0.39, 0.29) is 24.5 Å². The molecule has 29 heavy (non-hydrogen) atoms. The van der Waals surface area contributed by atoms with Crippen molar-refractivity contribution >= 4 is 55.4 Å². The van der Waals surface area contributed by atoms with Gasteiger partial charge in [-0.05, 0) is 49.7 Å². The summed E-state index contributed by atoms with van der Waals surface area (Å²) in [6.45, 7) is 3.95. The van der Waals surface area contributed by atoms with Gasteiger partial charge in [0.2, 0.25) is 5.91 Å². The largest absolute Gasteiger partial charge is 0.293 e. The number of Topliss-reactive ketones (excluding diaryl/α,β-unsaturated/α-hetero) is 1. The van der Waals surface area contributed by atoms with Gasteiger partial charge in [-0.2, -0.15) is 0 Å². The number of thiazole rings is 1. The Labute approximate surface area is 177 Å². The van der Waals surface area contributed by atoms with Crippen LogP contribution in [-0.4, -0.2) is 16.7 Å². The first-order valence-corrected chi connectivity index (χ1v) is 11.0. The molecule has 0 radical (unpaired) electrons. The third kappa shape index (κ3) is 4.13. The maximum absolute atomic E-state index is 13.3. The Kier molecular flexibility index (Phi) is 5.56. The van der Waals surface area contributed by atoms with Crippen molar-refractivity contribution in [2.24, 2.45) is 0 Å². The van der Waals surface area contributed by atoms with E-state index in [1.54, 1.807) is 4.90 Å². The van der Waals surface area contributed by atoms with Crippen molar-refractivity contribution in [1.29, 1.82) is 0 Å². The number of hydrogen-bond donors (Lipinski definition) is 0. The molecule has 0 saturated carbocycles. The number of fused-ring (bicyclic) bond motifs is 1. The molecule has 1 amide bonds. The number of amides is 1. The third-order valence-corrected chi connectivity index (χ3v) is 6.72. The van der Waals surface area contributed by atoms with Crippen LogP contribution in [0, 0.1) is 13.8 Å². The number of benzene rings is 2. The van der Waals surface area contributed by atoms with Gasteiger partial charge in [0, 0.05) is 17.7 Å². The average molecular weight is 421 g/mol. The summed E-state index contributed by atoms with van der Waals surface area (Å²) in [5.74, 6) is -0.120. The number of nitrogens with zero attached hydrogens (tertiary/aromatic N) is 2. The zero-order valence-electron chi connectivity index (χ0n) is 16.2. The molecule has 0 atom stereocenters. The summed E-state index contributed by atoms with van der Waals surface area (Å²) >= 11 is 2.95. The fraction of sp³-hybridized carbons (Fsp3) is 0.174. The van der Waals surface area contributed by atoms with Gasteiger partial charge in [-0.25, -0.2) is 4.98 Å². The molecule has 6 heteroatoms. The number of para-hydroxylation sites is 2. The minimum atomic E-state index is -0.125. The number of rotatable bonds is 6. The van der Waals surface area contributed by atoms with Crippen molar-refractivity contribution in [3.05, 3.63) is 76.0 Å². The average Bonchev–Trinajstić information content (AvgIpc) is 3.34. The van der Waals surface area contributed by atoms with Crippen LogP contribution in [0.5, 0.6) is 0 Å². The number of carbonyl (C=O) groups excluding carboxylic acids is 2. The van der Waals surface area contributed by atoms with E-state index in [2.05, 4.69) is 4.98 Å². The Morgan fingerprint density at radius 1 is 0.897 bits per heavy atom. The smallest absolute Gasteiger partial charge is 0.233 e. The standard InChI is InChI=1S/C23H20N2O2S2/c1-15-7-3-5-9-18(15)25(23-24-17-8-4-6-10-20(17)29-23)22(27)14-12-19(26)21-13-11-16(2)28-21/h3-11,13H,12,14H2,1-2H3. The summed E-state index contributed by atoms with van der Waals surface area (Å²) < 4.78 is 1.03. The van der Waals surface area contributed by atoms with Gasteiger partial charge in [0.1, 0.15) is 0 Å². The number of carbonyl (C=O) groups is 2. The van der Waals surface area contributed by atoms with Gasteiger partial charge < -0.3 is 0 Å². The second kappa shape index (κ2) is 8.27. The van der Waals surface area contributed by atoms with Gasteiger partial charge in [0.25, 0.3) is 0 Å². The first kappa shape index (κ1) is 19.5. The van der Waals surface area contributed by atoms with Crippen LogP contribution in [0.15, 0.2) is 60.7 Å². The van der Waals surface area contributed by atoms with Crippen LogP contribution in [0.2, 0.25) is 0 Å². The lowest BCUT2D eigenvalue weighted by molar-refractivity contribution is -0.117. The maximum atomic E-state index is 13.3. The molecule has 0 spiro atoms. The predicted molar refractivity (Wildman–Crippen MR) is 121 cm³/mol. The predicted octanol–water partition coefficient (Wildman–Crippen LogP) is 6.30. The molecule has 0 aliphatic rings. The van der Waals surface area contributed by atoms with Gasteiger partial charge >= 0.3 is 0 Å². The van der Waals surface area contributed by atoms with Crippen molar-refractivity contribution in [3.8, 4) is 0 Å². The summed E-state index contributed by atoms with van der Waals surface area (Å²) in [6.07, 6.45) is 0.325. The van der Waals surface area contributed by atoms with Crippen LogP contribution < -0.4 is 4.90 Å². The molecule has 0 aliphatic heterocycles. The molecule has 0 saturated heterocycles. The van der Waals surface area contributed by atoms with Crippen LogP contribution in [-0.2, 0) is 4.79 Å². The lowest BCUT2D eigenvalue weighted by atomic mass is 10.1. The van der Waals surface area contributed by atoms with E-state index in [1.165, 1.54) is 22.7 Å². The zero-order valence-corrected chi connectivity index (χ0v) is 17.8. The Morgan fingerprint density at radius 3 is 2.38 bits per heavy atom. The van der Waals surface area contributed by atoms with E-state index in [0.717, 1.165) is 26.3 Å². The Morgan fingerprint density at radius 2 is 1.66 bits per heavy atom. The second-order valence-electron chi connectivity index (χ2n) is 6.81. The lowest BCUT2D eigenvalue weighted by Crippen LogP contribution is -2.26. The zero-order chi connectivity index (χ0) is 20.4. The van der Waals surface area contributed by atoms with Crippen molar-refractivity contribution in [2.45, 2.75) is 26.7 Å². The number of hydrogen-bond acceptors (Lipinski definition) is 5. The molecule has 0 bridgehead atoms. The second-order valence-corrected chi connectivity index (χ2v) is 9.11. The van der Waals surface area contributed by atoms with Crippen LogP contribution in [0.25, 0.3) is 10.2 Å². The quantitative estimate of drug-likeness (QED) is 0.344. The Balaban J connectivity index is 1.64.